The molecular weight excluding hydrogens is 186 g/mol. The number of aromatic nitrogens is 2. The second kappa shape index (κ2) is 4.53. The van der Waals surface area contributed by atoms with Crippen molar-refractivity contribution in [3.8, 4) is 0 Å². The summed E-state index contributed by atoms with van der Waals surface area (Å²) in [4.78, 5) is 4.05. The van der Waals surface area contributed by atoms with Crippen LogP contribution in [0.25, 0.3) is 0 Å². The van der Waals surface area contributed by atoms with Crippen LogP contribution in [-0.4, -0.2) is 29.1 Å². The number of rotatable bonds is 4. The van der Waals surface area contributed by atoms with Crippen LogP contribution in [0.5, 0.6) is 0 Å². The minimum atomic E-state index is 0.737. The molecule has 0 aromatic carbocycles. The van der Waals surface area contributed by atoms with Gasteiger partial charge in [-0.1, -0.05) is 0 Å². The maximum atomic E-state index is 5.29. The Hall–Kier alpha value is -0.680. The molecule has 0 aliphatic carbocycles. The monoisotopic (exact) mass is 199 g/mol. The Morgan fingerprint density at radius 2 is 2.69 bits per heavy atom. The zero-order chi connectivity index (χ0) is 8.93. The average molecular weight is 199 g/mol. The van der Waals surface area contributed by atoms with Gasteiger partial charge in [0.2, 0.25) is 5.13 Å². The molecule has 5 heteroatoms. The number of nitrogens with zero attached hydrogens (tertiary/aromatic N) is 2. The summed E-state index contributed by atoms with van der Waals surface area (Å²) in [5.74, 6) is 0.737. The second-order valence-electron chi connectivity index (χ2n) is 3.19. The molecule has 0 spiro atoms. The fraction of sp³-hybridized carbons (Fsp3) is 0.750. The zero-order valence-electron chi connectivity index (χ0n) is 7.40. The molecule has 1 atom stereocenters. The van der Waals surface area contributed by atoms with Crippen molar-refractivity contribution < 1.29 is 4.74 Å². The molecule has 4 nitrogen and oxygen atoms in total. The maximum Gasteiger partial charge on any atom is 0.202 e. The van der Waals surface area contributed by atoms with Crippen molar-refractivity contribution in [3.05, 3.63) is 6.33 Å². The van der Waals surface area contributed by atoms with Gasteiger partial charge in [-0.15, -0.1) is 0 Å². The van der Waals surface area contributed by atoms with Crippen LogP contribution < -0.4 is 5.32 Å². The molecule has 1 aliphatic heterocycles. The van der Waals surface area contributed by atoms with E-state index in [0.29, 0.717) is 0 Å². The van der Waals surface area contributed by atoms with E-state index in [0.717, 1.165) is 30.8 Å². The van der Waals surface area contributed by atoms with Crippen molar-refractivity contribution in [2.75, 3.05) is 25.1 Å². The highest BCUT2D eigenvalue weighted by atomic mass is 32.1. The normalized spacial score (nSPS) is 22.0. The Kier molecular flexibility index (Phi) is 3.10. The molecule has 1 aromatic rings. The summed E-state index contributed by atoms with van der Waals surface area (Å²) in [6.45, 7) is 2.84. The van der Waals surface area contributed by atoms with Crippen molar-refractivity contribution in [1.29, 1.82) is 0 Å². The minimum absolute atomic E-state index is 0.737. The number of ether oxygens (including phenoxy) is 1. The first kappa shape index (κ1) is 8.90. The van der Waals surface area contributed by atoms with Crippen LogP contribution in [0.15, 0.2) is 6.33 Å². The average Bonchev–Trinajstić information content (AvgIpc) is 2.75. The Morgan fingerprint density at radius 1 is 1.69 bits per heavy atom. The number of nitrogens with one attached hydrogen (secondary N) is 1. The van der Waals surface area contributed by atoms with Gasteiger partial charge in [-0.3, -0.25) is 0 Å². The quantitative estimate of drug-likeness (QED) is 0.795. The predicted molar refractivity (Wildman–Crippen MR) is 51.9 cm³/mol. The van der Waals surface area contributed by atoms with E-state index in [1.165, 1.54) is 24.4 Å². The summed E-state index contributed by atoms with van der Waals surface area (Å²) in [7, 11) is 0. The standard InChI is InChI=1S/C8H13N3OS/c1(7-2-4-12-5-7)3-9-8-10-6-11-13-8/h6-7H,1-5H2,(H,9,10,11). The Morgan fingerprint density at radius 3 is 3.38 bits per heavy atom. The summed E-state index contributed by atoms with van der Waals surface area (Å²) in [6.07, 6.45) is 3.95. The van der Waals surface area contributed by atoms with E-state index in [1.54, 1.807) is 6.33 Å². The van der Waals surface area contributed by atoms with Crippen LogP contribution in [-0.2, 0) is 4.74 Å². The predicted octanol–water partition coefficient (Wildman–Crippen LogP) is 1.38. The minimum Gasteiger partial charge on any atom is -0.381 e. The lowest BCUT2D eigenvalue weighted by Gasteiger charge is -2.06. The van der Waals surface area contributed by atoms with Crippen molar-refractivity contribution in [3.63, 3.8) is 0 Å². The highest BCUT2D eigenvalue weighted by Gasteiger charge is 2.14. The molecule has 0 saturated carbocycles. The largest absolute Gasteiger partial charge is 0.381 e. The third kappa shape index (κ3) is 2.63. The highest BCUT2D eigenvalue weighted by molar-refractivity contribution is 7.09. The molecular formula is C8H13N3OS. The summed E-state index contributed by atoms with van der Waals surface area (Å²) in [5, 5.41) is 4.16. The van der Waals surface area contributed by atoms with Crippen LogP contribution in [0, 0.1) is 5.92 Å². The Labute approximate surface area is 81.5 Å². The smallest absolute Gasteiger partial charge is 0.202 e. The first-order chi connectivity index (χ1) is 6.45. The lowest BCUT2D eigenvalue weighted by atomic mass is 10.1. The van der Waals surface area contributed by atoms with Crippen LogP contribution in [0.1, 0.15) is 12.8 Å². The van der Waals surface area contributed by atoms with Gasteiger partial charge in [0.15, 0.2) is 0 Å². The summed E-state index contributed by atoms with van der Waals surface area (Å²) >= 11 is 1.40. The van der Waals surface area contributed by atoms with E-state index in [9.17, 15) is 0 Å². The van der Waals surface area contributed by atoms with E-state index in [2.05, 4.69) is 14.7 Å². The molecule has 13 heavy (non-hydrogen) atoms. The molecule has 1 saturated heterocycles. The van der Waals surface area contributed by atoms with Gasteiger partial charge in [0.1, 0.15) is 6.33 Å². The van der Waals surface area contributed by atoms with Gasteiger partial charge in [0.25, 0.3) is 0 Å². The lowest BCUT2D eigenvalue weighted by molar-refractivity contribution is 0.185. The molecule has 0 radical (unpaired) electrons. The van der Waals surface area contributed by atoms with Crippen molar-refractivity contribution >= 4 is 16.7 Å². The lowest BCUT2D eigenvalue weighted by Crippen LogP contribution is -2.08. The fourth-order valence-electron chi connectivity index (χ4n) is 1.45. The maximum absolute atomic E-state index is 5.29. The van der Waals surface area contributed by atoms with E-state index in [-0.39, 0.29) is 0 Å². The molecule has 1 aromatic heterocycles. The summed E-state index contributed by atoms with van der Waals surface area (Å²) in [5.41, 5.74) is 0. The fourth-order valence-corrected chi connectivity index (χ4v) is 1.90. The summed E-state index contributed by atoms with van der Waals surface area (Å²) in [6, 6.07) is 0. The van der Waals surface area contributed by atoms with Gasteiger partial charge in [0, 0.05) is 31.3 Å². The number of anilines is 1. The zero-order valence-corrected chi connectivity index (χ0v) is 8.22. The first-order valence-corrected chi connectivity index (χ1v) is 5.31. The molecule has 1 aliphatic rings. The van der Waals surface area contributed by atoms with Crippen LogP contribution >= 0.6 is 11.5 Å². The SMILES string of the molecule is c1nsc(NCCC2CCOC2)n1. The van der Waals surface area contributed by atoms with Gasteiger partial charge >= 0.3 is 0 Å². The molecule has 2 rings (SSSR count). The topological polar surface area (TPSA) is 47.0 Å². The molecule has 72 valence electrons. The van der Waals surface area contributed by atoms with Crippen molar-refractivity contribution in [2.24, 2.45) is 5.92 Å². The van der Waals surface area contributed by atoms with Gasteiger partial charge in [-0.2, -0.15) is 4.37 Å². The van der Waals surface area contributed by atoms with Crippen LogP contribution in [0.3, 0.4) is 0 Å². The van der Waals surface area contributed by atoms with Gasteiger partial charge in [0.05, 0.1) is 0 Å². The highest BCUT2D eigenvalue weighted by Crippen LogP contribution is 2.16. The van der Waals surface area contributed by atoms with E-state index < -0.39 is 0 Å². The van der Waals surface area contributed by atoms with Gasteiger partial charge < -0.3 is 10.1 Å². The van der Waals surface area contributed by atoms with E-state index in [4.69, 9.17) is 4.74 Å². The molecule has 1 N–H and O–H groups in total. The van der Waals surface area contributed by atoms with Crippen molar-refractivity contribution in [2.45, 2.75) is 12.8 Å². The molecule has 0 bridgehead atoms. The van der Waals surface area contributed by atoms with E-state index >= 15 is 0 Å². The van der Waals surface area contributed by atoms with Crippen LogP contribution in [0.2, 0.25) is 0 Å². The molecule has 2 heterocycles. The van der Waals surface area contributed by atoms with Gasteiger partial charge in [-0.05, 0) is 18.8 Å². The van der Waals surface area contributed by atoms with E-state index in [1.807, 2.05) is 0 Å². The third-order valence-corrected chi connectivity index (χ3v) is 2.84. The van der Waals surface area contributed by atoms with Crippen molar-refractivity contribution in [1.82, 2.24) is 9.36 Å². The first-order valence-electron chi connectivity index (χ1n) is 4.53. The molecule has 0 amide bonds. The third-order valence-electron chi connectivity index (χ3n) is 2.21. The number of hydrogen-bond donors (Lipinski definition) is 1. The molecule has 1 fully saturated rings. The second-order valence-corrected chi connectivity index (χ2v) is 3.97. The Balaban J connectivity index is 1.63. The Bertz CT molecular complexity index is 234. The number of hydrogen-bond acceptors (Lipinski definition) is 5. The van der Waals surface area contributed by atoms with Gasteiger partial charge in [-0.25, -0.2) is 4.98 Å². The summed E-state index contributed by atoms with van der Waals surface area (Å²) < 4.78 is 9.21. The molecule has 1 unspecified atom stereocenters. The van der Waals surface area contributed by atoms with Crippen LogP contribution in [0.4, 0.5) is 5.13 Å².